The number of rotatable bonds is 1. The van der Waals surface area contributed by atoms with Crippen molar-refractivity contribution < 1.29 is 9.53 Å². The summed E-state index contributed by atoms with van der Waals surface area (Å²) in [4.78, 5) is 11.0. The zero-order valence-electron chi connectivity index (χ0n) is 5.78. The van der Waals surface area contributed by atoms with E-state index in [0.717, 1.165) is 6.42 Å². The van der Waals surface area contributed by atoms with E-state index in [9.17, 15) is 4.79 Å². The van der Waals surface area contributed by atoms with E-state index < -0.39 is 0 Å². The fourth-order valence-corrected chi connectivity index (χ4v) is 2.29. The van der Waals surface area contributed by atoms with Gasteiger partial charge in [-0.05, 0) is 13.3 Å². The fraction of sp³-hybridized carbons (Fsp3) is 0.833. The first kappa shape index (κ1) is 8.53. The number of carbonyl (C=O) groups is 1. The highest BCUT2D eigenvalue weighted by atomic mass is 79.9. The van der Waals surface area contributed by atoms with E-state index in [0.29, 0.717) is 0 Å². The Morgan fingerprint density at radius 3 is 2.10 bits per heavy atom. The first-order valence-electron chi connectivity index (χ1n) is 2.90. The van der Waals surface area contributed by atoms with Crippen LogP contribution in [0.1, 0.15) is 13.3 Å². The third-order valence-corrected chi connectivity index (χ3v) is 4.20. The second-order valence-corrected chi connectivity index (χ2v) is 6.48. The van der Waals surface area contributed by atoms with Crippen molar-refractivity contribution in [2.45, 2.75) is 16.6 Å². The third kappa shape index (κ3) is 1.01. The standard InChI is InChI=1S/C6H8Br2O2/c1-5(4(9)10-2)3-6(5,7)8/h3H2,1-2H3. The van der Waals surface area contributed by atoms with Crippen molar-refractivity contribution in [1.29, 1.82) is 0 Å². The first-order chi connectivity index (χ1) is 4.44. The minimum Gasteiger partial charge on any atom is -0.469 e. The molecule has 1 atom stereocenters. The molecule has 1 fully saturated rings. The minimum atomic E-state index is -0.373. The Morgan fingerprint density at radius 2 is 2.00 bits per heavy atom. The summed E-state index contributed by atoms with van der Waals surface area (Å²) in [5.74, 6) is -0.166. The van der Waals surface area contributed by atoms with Crippen LogP contribution in [-0.2, 0) is 9.53 Å². The highest BCUT2D eigenvalue weighted by Crippen LogP contribution is 2.66. The van der Waals surface area contributed by atoms with Crippen LogP contribution < -0.4 is 0 Å². The van der Waals surface area contributed by atoms with Gasteiger partial charge in [0.1, 0.15) is 0 Å². The number of carbonyl (C=O) groups excluding carboxylic acids is 1. The second-order valence-electron chi connectivity index (χ2n) is 2.70. The summed E-state index contributed by atoms with van der Waals surface area (Å²) in [5, 5.41) is 0. The average Bonchev–Trinajstić information content (AvgIpc) is 2.32. The van der Waals surface area contributed by atoms with Crippen LogP contribution in [0.3, 0.4) is 0 Å². The summed E-state index contributed by atoms with van der Waals surface area (Å²) in [6.45, 7) is 1.86. The monoisotopic (exact) mass is 270 g/mol. The molecule has 0 bridgehead atoms. The molecule has 0 aromatic rings. The largest absolute Gasteiger partial charge is 0.469 e. The van der Waals surface area contributed by atoms with Gasteiger partial charge in [0.25, 0.3) is 0 Å². The summed E-state index contributed by atoms with van der Waals surface area (Å²) in [7, 11) is 1.40. The maximum absolute atomic E-state index is 11.0. The van der Waals surface area contributed by atoms with E-state index in [4.69, 9.17) is 0 Å². The van der Waals surface area contributed by atoms with E-state index in [1.807, 2.05) is 6.92 Å². The molecule has 2 nitrogen and oxygen atoms in total. The van der Waals surface area contributed by atoms with Gasteiger partial charge in [-0.25, -0.2) is 0 Å². The lowest BCUT2D eigenvalue weighted by molar-refractivity contribution is -0.146. The highest BCUT2D eigenvalue weighted by molar-refractivity contribution is 9.25. The highest BCUT2D eigenvalue weighted by Gasteiger charge is 2.67. The summed E-state index contributed by atoms with van der Waals surface area (Å²) in [6, 6.07) is 0. The molecule has 0 amide bonds. The quantitative estimate of drug-likeness (QED) is 0.539. The molecular formula is C6H8Br2O2. The van der Waals surface area contributed by atoms with E-state index >= 15 is 0 Å². The summed E-state index contributed by atoms with van der Waals surface area (Å²) in [6.07, 6.45) is 0.784. The van der Waals surface area contributed by atoms with Crippen LogP contribution in [0.2, 0.25) is 0 Å². The maximum Gasteiger partial charge on any atom is 0.313 e. The van der Waals surface area contributed by atoms with Crippen LogP contribution in [0.15, 0.2) is 0 Å². The molecular weight excluding hydrogens is 264 g/mol. The molecule has 10 heavy (non-hydrogen) atoms. The number of halogens is 2. The Hall–Kier alpha value is 0.430. The normalized spacial score (nSPS) is 35.2. The van der Waals surface area contributed by atoms with Gasteiger partial charge in [-0.2, -0.15) is 0 Å². The zero-order chi connectivity index (χ0) is 7.99. The van der Waals surface area contributed by atoms with E-state index in [1.54, 1.807) is 0 Å². The van der Waals surface area contributed by atoms with Crippen molar-refractivity contribution >= 4 is 37.8 Å². The average molecular weight is 272 g/mol. The predicted octanol–water partition coefficient (Wildman–Crippen LogP) is 2.06. The lowest BCUT2D eigenvalue weighted by Gasteiger charge is -2.07. The van der Waals surface area contributed by atoms with Crippen LogP contribution in [-0.4, -0.2) is 16.3 Å². The van der Waals surface area contributed by atoms with E-state index in [1.165, 1.54) is 7.11 Å². The summed E-state index contributed by atoms with van der Waals surface area (Å²) >= 11 is 6.73. The molecule has 0 aromatic carbocycles. The molecule has 0 spiro atoms. The number of methoxy groups -OCH3 is 1. The van der Waals surface area contributed by atoms with Crippen LogP contribution in [0.5, 0.6) is 0 Å². The van der Waals surface area contributed by atoms with Gasteiger partial charge in [0.05, 0.1) is 15.8 Å². The van der Waals surface area contributed by atoms with Crippen molar-refractivity contribution in [3.63, 3.8) is 0 Å². The van der Waals surface area contributed by atoms with Crippen LogP contribution >= 0.6 is 31.9 Å². The van der Waals surface area contributed by atoms with Gasteiger partial charge in [0.15, 0.2) is 0 Å². The molecule has 0 radical (unpaired) electrons. The molecule has 0 aliphatic heterocycles. The first-order valence-corrected chi connectivity index (χ1v) is 4.49. The molecule has 58 valence electrons. The number of hydrogen-bond donors (Lipinski definition) is 0. The fourth-order valence-electron chi connectivity index (χ4n) is 0.847. The van der Waals surface area contributed by atoms with Gasteiger partial charge < -0.3 is 4.74 Å². The van der Waals surface area contributed by atoms with Gasteiger partial charge in [-0.1, -0.05) is 31.9 Å². The van der Waals surface area contributed by atoms with Crippen LogP contribution in [0, 0.1) is 5.41 Å². The number of alkyl halides is 2. The van der Waals surface area contributed by atoms with Gasteiger partial charge in [0, 0.05) is 0 Å². The predicted molar refractivity (Wildman–Crippen MR) is 45.3 cm³/mol. The molecule has 0 saturated heterocycles. The van der Waals surface area contributed by atoms with Crippen molar-refractivity contribution in [2.24, 2.45) is 5.41 Å². The van der Waals surface area contributed by atoms with Gasteiger partial charge in [-0.15, -0.1) is 0 Å². The number of esters is 1. The Bertz CT molecular complexity index is 179. The molecule has 0 heterocycles. The molecule has 1 saturated carbocycles. The Kier molecular flexibility index (Phi) is 1.88. The molecule has 1 aliphatic rings. The second kappa shape index (κ2) is 2.21. The van der Waals surface area contributed by atoms with Crippen molar-refractivity contribution in [2.75, 3.05) is 7.11 Å². The van der Waals surface area contributed by atoms with Crippen molar-refractivity contribution in [3.05, 3.63) is 0 Å². The third-order valence-electron chi connectivity index (χ3n) is 1.89. The zero-order valence-corrected chi connectivity index (χ0v) is 8.95. The van der Waals surface area contributed by atoms with Crippen molar-refractivity contribution in [1.82, 2.24) is 0 Å². The van der Waals surface area contributed by atoms with Gasteiger partial charge >= 0.3 is 5.97 Å². The Morgan fingerprint density at radius 1 is 1.60 bits per heavy atom. The minimum absolute atomic E-state index is 0.166. The Labute approximate surface area is 76.6 Å². The molecule has 1 aliphatic carbocycles. The topological polar surface area (TPSA) is 26.3 Å². The molecule has 1 unspecified atom stereocenters. The van der Waals surface area contributed by atoms with E-state index in [2.05, 4.69) is 36.6 Å². The lowest BCUT2D eigenvalue weighted by atomic mass is 10.1. The SMILES string of the molecule is COC(=O)C1(C)CC1(Br)Br. The smallest absolute Gasteiger partial charge is 0.313 e. The van der Waals surface area contributed by atoms with Gasteiger partial charge in [0.2, 0.25) is 0 Å². The maximum atomic E-state index is 11.0. The molecule has 4 heteroatoms. The van der Waals surface area contributed by atoms with Gasteiger partial charge in [-0.3, -0.25) is 4.79 Å². The summed E-state index contributed by atoms with van der Waals surface area (Å²) < 4.78 is 4.39. The number of hydrogen-bond acceptors (Lipinski definition) is 2. The Balaban J connectivity index is 2.68. The van der Waals surface area contributed by atoms with Crippen molar-refractivity contribution in [3.8, 4) is 0 Å². The molecule has 0 aromatic heterocycles. The lowest BCUT2D eigenvalue weighted by Crippen LogP contribution is -2.18. The van der Waals surface area contributed by atoms with Crippen LogP contribution in [0.4, 0.5) is 0 Å². The molecule has 1 rings (SSSR count). The number of ether oxygens (including phenoxy) is 1. The van der Waals surface area contributed by atoms with E-state index in [-0.39, 0.29) is 14.6 Å². The van der Waals surface area contributed by atoms with Crippen LogP contribution in [0.25, 0.3) is 0 Å². The summed E-state index contributed by atoms with van der Waals surface area (Å²) in [5.41, 5.74) is -0.373. The molecule has 0 N–H and O–H groups in total.